The van der Waals surface area contributed by atoms with Gasteiger partial charge in [0.2, 0.25) is 0 Å². The molecule has 2 rings (SSSR count). The molecular formula is C16H21NOS. The van der Waals surface area contributed by atoms with Gasteiger partial charge in [-0.1, -0.05) is 44.2 Å². The van der Waals surface area contributed by atoms with Crippen LogP contribution in [0.2, 0.25) is 0 Å². The number of hydrogen-bond acceptors (Lipinski definition) is 3. The summed E-state index contributed by atoms with van der Waals surface area (Å²) < 4.78 is 0. The Kier molecular flexibility index (Phi) is 4.07. The molecule has 0 aliphatic carbocycles. The van der Waals surface area contributed by atoms with Crippen LogP contribution in [0, 0.1) is 13.8 Å². The average Bonchev–Trinajstić information content (AvgIpc) is 2.69. The van der Waals surface area contributed by atoms with Crippen molar-refractivity contribution in [2.24, 2.45) is 0 Å². The van der Waals surface area contributed by atoms with Crippen LogP contribution in [-0.2, 0) is 11.8 Å². The van der Waals surface area contributed by atoms with E-state index in [1.165, 1.54) is 4.88 Å². The van der Waals surface area contributed by atoms with Crippen molar-refractivity contribution in [1.29, 1.82) is 0 Å². The monoisotopic (exact) mass is 275 g/mol. The molecule has 0 aliphatic rings. The van der Waals surface area contributed by atoms with Gasteiger partial charge >= 0.3 is 0 Å². The van der Waals surface area contributed by atoms with Gasteiger partial charge in [0.15, 0.2) is 0 Å². The lowest BCUT2D eigenvalue weighted by Gasteiger charge is -2.30. The first-order chi connectivity index (χ1) is 8.91. The number of aromatic nitrogens is 1. The minimum absolute atomic E-state index is 0.269. The molecule has 1 aromatic carbocycles. The summed E-state index contributed by atoms with van der Waals surface area (Å²) >= 11 is 1.68. The molecule has 1 aromatic heterocycles. The zero-order valence-electron chi connectivity index (χ0n) is 12.0. The highest BCUT2D eigenvalue weighted by Crippen LogP contribution is 2.30. The molecular weight excluding hydrogens is 254 g/mol. The summed E-state index contributed by atoms with van der Waals surface area (Å²) in [5.74, 6) is 0. The van der Waals surface area contributed by atoms with Crippen molar-refractivity contribution in [2.45, 2.75) is 45.6 Å². The van der Waals surface area contributed by atoms with Gasteiger partial charge in [0.25, 0.3) is 0 Å². The first kappa shape index (κ1) is 14.2. The Morgan fingerprint density at radius 2 is 1.84 bits per heavy atom. The molecule has 0 spiro atoms. The highest BCUT2D eigenvalue weighted by atomic mass is 32.1. The molecule has 0 radical (unpaired) electrons. The topological polar surface area (TPSA) is 33.1 Å². The van der Waals surface area contributed by atoms with Crippen molar-refractivity contribution in [3.63, 3.8) is 0 Å². The predicted octanol–water partition coefficient (Wildman–Crippen LogP) is 3.64. The Labute approximate surface area is 119 Å². The minimum atomic E-state index is -0.431. The number of aliphatic hydroxyl groups is 1. The van der Waals surface area contributed by atoms with E-state index in [0.29, 0.717) is 6.42 Å². The van der Waals surface area contributed by atoms with E-state index in [-0.39, 0.29) is 5.41 Å². The maximum atomic E-state index is 10.6. The maximum Gasteiger partial charge on any atom is 0.0956 e. The van der Waals surface area contributed by atoms with E-state index < -0.39 is 6.10 Å². The van der Waals surface area contributed by atoms with Crippen LogP contribution in [-0.4, -0.2) is 16.2 Å². The van der Waals surface area contributed by atoms with Gasteiger partial charge in [0, 0.05) is 16.7 Å². The molecule has 2 aromatic rings. The van der Waals surface area contributed by atoms with Gasteiger partial charge in [-0.25, -0.2) is 4.98 Å². The van der Waals surface area contributed by atoms with Crippen LogP contribution >= 0.6 is 11.3 Å². The van der Waals surface area contributed by atoms with Crippen LogP contribution in [0.15, 0.2) is 30.3 Å². The van der Waals surface area contributed by atoms with Gasteiger partial charge in [-0.15, -0.1) is 11.3 Å². The summed E-state index contributed by atoms with van der Waals surface area (Å²) in [4.78, 5) is 5.75. The molecule has 1 N–H and O–H groups in total. The Morgan fingerprint density at radius 1 is 1.21 bits per heavy atom. The van der Waals surface area contributed by atoms with E-state index in [0.717, 1.165) is 16.3 Å². The fourth-order valence-corrected chi connectivity index (χ4v) is 3.08. The van der Waals surface area contributed by atoms with Crippen LogP contribution in [0.1, 0.15) is 35.0 Å². The maximum absolute atomic E-state index is 10.6. The van der Waals surface area contributed by atoms with Crippen LogP contribution in [0.4, 0.5) is 0 Å². The van der Waals surface area contributed by atoms with Crippen molar-refractivity contribution in [1.82, 2.24) is 4.98 Å². The van der Waals surface area contributed by atoms with Crippen molar-refractivity contribution in [3.8, 4) is 0 Å². The lowest BCUT2D eigenvalue weighted by molar-refractivity contribution is 0.0999. The molecule has 0 aliphatic heterocycles. The van der Waals surface area contributed by atoms with Gasteiger partial charge in [0.05, 0.1) is 16.8 Å². The molecule has 1 atom stereocenters. The number of hydrogen-bond donors (Lipinski definition) is 1. The number of aliphatic hydroxyl groups excluding tert-OH is 1. The summed E-state index contributed by atoms with van der Waals surface area (Å²) in [6.45, 7) is 8.26. The van der Waals surface area contributed by atoms with Gasteiger partial charge in [0.1, 0.15) is 0 Å². The molecule has 0 saturated heterocycles. The number of nitrogens with zero attached hydrogens (tertiary/aromatic N) is 1. The summed E-state index contributed by atoms with van der Waals surface area (Å²) in [7, 11) is 0. The van der Waals surface area contributed by atoms with Gasteiger partial charge in [-0.3, -0.25) is 0 Å². The second-order valence-corrected chi connectivity index (χ2v) is 6.84. The fraction of sp³-hybridized carbons (Fsp3) is 0.438. The zero-order chi connectivity index (χ0) is 14.0. The zero-order valence-corrected chi connectivity index (χ0v) is 12.8. The van der Waals surface area contributed by atoms with Crippen molar-refractivity contribution in [2.75, 3.05) is 0 Å². The van der Waals surface area contributed by atoms with E-state index in [1.807, 2.05) is 25.1 Å². The number of benzene rings is 1. The normalized spacial score (nSPS) is 13.5. The number of rotatable bonds is 4. The van der Waals surface area contributed by atoms with Crippen LogP contribution in [0.25, 0.3) is 0 Å². The molecule has 2 nitrogen and oxygen atoms in total. The fourth-order valence-electron chi connectivity index (χ4n) is 2.11. The molecule has 3 heteroatoms. The van der Waals surface area contributed by atoms with Gasteiger partial charge in [-0.05, 0) is 19.4 Å². The largest absolute Gasteiger partial charge is 0.392 e. The highest BCUT2D eigenvalue weighted by Gasteiger charge is 2.30. The first-order valence-corrected chi connectivity index (χ1v) is 7.39. The van der Waals surface area contributed by atoms with Crippen LogP contribution < -0.4 is 0 Å². The molecule has 1 heterocycles. The van der Waals surface area contributed by atoms with Crippen molar-refractivity contribution in [3.05, 3.63) is 51.5 Å². The standard InChI is InChI=1S/C16H21NOS/c1-11-12(2)19-15(17-11)10-14(18)16(3,4)13-8-6-5-7-9-13/h5-9,14,18H,10H2,1-4H3. The molecule has 19 heavy (non-hydrogen) atoms. The molecule has 102 valence electrons. The third kappa shape index (κ3) is 3.04. The number of thiazole rings is 1. The minimum Gasteiger partial charge on any atom is -0.392 e. The lowest BCUT2D eigenvalue weighted by atomic mass is 9.78. The molecule has 1 unspecified atom stereocenters. The Hall–Kier alpha value is -1.19. The average molecular weight is 275 g/mol. The third-order valence-corrected chi connectivity index (χ3v) is 4.89. The Bertz CT molecular complexity index is 526. The van der Waals surface area contributed by atoms with E-state index in [4.69, 9.17) is 0 Å². The lowest BCUT2D eigenvalue weighted by Crippen LogP contribution is -2.35. The first-order valence-electron chi connectivity index (χ1n) is 6.57. The van der Waals surface area contributed by atoms with E-state index >= 15 is 0 Å². The Balaban J connectivity index is 2.17. The third-order valence-electron chi connectivity index (χ3n) is 3.79. The molecule has 0 fully saturated rings. The molecule has 0 bridgehead atoms. The van der Waals surface area contributed by atoms with Gasteiger partial charge < -0.3 is 5.11 Å². The van der Waals surface area contributed by atoms with Crippen LogP contribution in [0.5, 0.6) is 0 Å². The summed E-state index contributed by atoms with van der Waals surface area (Å²) in [6.07, 6.45) is 0.182. The smallest absolute Gasteiger partial charge is 0.0956 e. The number of aryl methyl sites for hydroxylation is 2. The summed E-state index contributed by atoms with van der Waals surface area (Å²) in [6, 6.07) is 10.2. The molecule has 0 saturated carbocycles. The van der Waals surface area contributed by atoms with Crippen LogP contribution in [0.3, 0.4) is 0 Å². The van der Waals surface area contributed by atoms with Crippen molar-refractivity contribution < 1.29 is 5.11 Å². The van der Waals surface area contributed by atoms with E-state index in [2.05, 4.69) is 37.9 Å². The van der Waals surface area contributed by atoms with Crippen molar-refractivity contribution >= 4 is 11.3 Å². The summed E-state index contributed by atoms with van der Waals surface area (Å²) in [5, 5.41) is 11.6. The van der Waals surface area contributed by atoms with Gasteiger partial charge in [-0.2, -0.15) is 0 Å². The SMILES string of the molecule is Cc1nc(CC(O)C(C)(C)c2ccccc2)sc1C. The predicted molar refractivity (Wildman–Crippen MR) is 80.8 cm³/mol. The quantitative estimate of drug-likeness (QED) is 0.924. The summed E-state index contributed by atoms with van der Waals surface area (Å²) in [5.41, 5.74) is 1.96. The highest BCUT2D eigenvalue weighted by molar-refractivity contribution is 7.11. The van der Waals surface area contributed by atoms with E-state index in [1.54, 1.807) is 11.3 Å². The molecule has 0 amide bonds. The second-order valence-electron chi connectivity index (χ2n) is 5.56. The second kappa shape index (κ2) is 5.43. The Morgan fingerprint density at radius 3 is 2.37 bits per heavy atom. The van der Waals surface area contributed by atoms with E-state index in [9.17, 15) is 5.11 Å².